The number of carbonyl (C=O) groups excluding carboxylic acids is 1. The highest BCUT2D eigenvalue weighted by Gasteiger charge is 2.20. The van der Waals surface area contributed by atoms with Crippen molar-refractivity contribution in [1.82, 2.24) is 4.90 Å². The average Bonchev–Trinajstić information content (AvgIpc) is 2.47. The number of rotatable bonds is 3. The van der Waals surface area contributed by atoms with Gasteiger partial charge >= 0.3 is 0 Å². The predicted octanol–water partition coefficient (Wildman–Crippen LogP) is 1.50. The number of likely N-dealkylation sites (N-methyl/N-ethyl adjacent to an activating group) is 1. The third-order valence-corrected chi connectivity index (χ3v) is 4.23. The summed E-state index contributed by atoms with van der Waals surface area (Å²) in [5.41, 5.74) is 8.23. The van der Waals surface area contributed by atoms with E-state index < -0.39 is 0 Å². The van der Waals surface area contributed by atoms with E-state index in [4.69, 9.17) is 10.5 Å². The van der Waals surface area contributed by atoms with Gasteiger partial charge in [0.05, 0.1) is 17.1 Å². The highest BCUT2D eigenvalue weighted by Crippen LogP contribution is 2.35. The number of ether oxygens (including phenoxy) is 1. The number of nitrogens with one attached hydrogen (secondary N) is 2. The first-order chi connectivity index (χ1) is 10.1. The van der Waals surface area contributed by atoms with Crippen molar-refractivity contribution in [3.05, 3.63) is 12.1 Å². The molecule has 0 spiro atoms. The summed E-state index contributed by atoms with van der Waals surface area (Å²) < 4.78 is 5.36. The van der Waals surface area contributed by atoms with E-state index in [1.54, 1.807) is 6.07 Å². The Labute approximate surface area is 124 Å². The smallest absolute Gasteiger partial charge is 0.262 e. The number of fused-ring (bicyclic) bond motifs is 1. The maximum absolute atomic E-state index is 11.4. The molecule has 4 N–H and O–H groups in total. The SMILES string of the molecule is CN1CCCCC1CNc1cc2c(cc1N)OCC(=O)N2. The van der Waals surface area contributed by atoms with Gasteiger partial charge in [-0.2, -0.15) is 0 Å². The van der Waals surface area contributed by atoms with Gasteiger partial charge in [0.15, 0.2) is 6.61 Å². The van der Waals surface area contributed by atoms with E-state index in [2.05, 4.69) is 22.6 Å². The predicted molar refractivity (Wildman–Crippen MR) is 83.7 cm³/mol. The molecular weight excluding hydrogens is 268 g/mol. The number of hydrogen-bond acceptors (Lipinski definition) is 5. The van der Waals surface area contributed by atoms with Gasteiger partial charge < -0.3 is 26.0 Å². The van der Waals surface area contributed by atoms with Crippen LogP contribution in [0.4, 0.5) is 17.1 Å². The van der Waals surface area contributed by atoms with Gasteiger partial charge in [0.1, 0.15) is 5.75 Å². The molecule has 3 rings (SSSR count). The van der Waals surface area contributed by atoms with E-state index in [1.165, 1.54) is 19.3 Å². The van der Waals surface area contributed by atoms with Gasteiger partial charge in [-0.15, -0.1) is 0 Å². The van der Waals surface area contributed by atoms with Gasteiger partial charge in [0, 0.05) is 18.7 Å². The van der Waals surface area contributed by atoms with E-state index in [0.29, 0.717) is 23.2 Å². The molecule has 0 aromatic heterocycles. The molecule has 0 radical (unpaired) electrons. The first-order valence-corrected chi connectivity index (χ1v) is 7.44. The van der Waals surface area contributed by atoms with Crippen molar-refractivity contribution in [3.8, 4) is 5.75 Å². The number of hydrogen-bond donors (Lipinski definition) is 3. The van der Waals surface area contributed by atoms with E-state index >= 15 is 0 Å². The Balaban J connectivity index is 1.70. The zero-order valence-corrected chi connectivity index (χ0v) is 12.3. The molecule has 0 saturated carbocycles. The molecule has 2 aliphatic rings. The second kappa shape index (κ2) is 5.81. The minimum atomic E-state index is -0.134. The minimum Gasteiger partial charge on any atom is -0.482 e. The first-order valence-electron chi connectivity index (χ1n) is 7.44. The zero-order chi connectivity index (χ0) is 14.8. The van der Waals surface area contributed by atoms with Crippen molar-refractivity contribution in [3.63, 3.8) is 0 Å². The zero-order valence-electron chi connectivity index (χ0n) is 12.3. The summed E-state index contributed by atoms with van der Waals surface area (Å²) in [6.07, 6.45) is 3.76. The number of piperidine rings is 1. The van der Waals surface area contributed by atoms with Crippen molar-refractivity contribution in [1.29, 1.82) is 0 Å². The van der Waals surface area contributed by atoms with E-state index in [0.717, 1.165) is 18.8 Å². The Bertz CT molecular complexity index is 547. The molecule has 1 aromatic carbocycles. The maximum atomic E-state index is 11.4. The monoisotopic (exact) mass is 290 g/mol. The maximum Gasteiger partial charge on any atom is 0.262 e. The molecule has 1 amide bonds. The lowest BCUT2D eigenvalue weighted by Gasteiger charge is -2.33. The Hall–Kier alpha value is -1.95. The molecule has 21 heavy (non-hydrogen) atoms. The van der Waals surface area contributed by atoms with Gasteiger partial charge in [-0.05, 0) is 32.5 Å². The average molecular weight is 290 g/mol. The van der Waals surface area contributed by atoms with Crippen LogP contribution in [0.2, 0.25) is 0 Å². The normalized spacial score (nSPS) is 22.1. The summed E-state index contributed by atoms with van der Waals surface area (Å²) in [7, 11) is 2.16. The lowest BCUT2D eigenvalue weighted by atomic mass is 10.0. The molecule has 1 saturated heterocycles. The number of anilines is 3. The van der Waals surface area contributed by atoms with Crippen molar-refractivity contribution in [2.45, 2.75) is 25.3 Å². The van der Waals surface area contributed by atoms with Crippen molar-refractivity contribution < 1.29 is 9.53 Å². The largest absolute Gasteiger partial charge is 0.482 e. The van der Waals surface area contributed by atoms with Crippen LogP contribution in [-0.4, -0.2) is 43.6 Å². The number of nitrogens with zero attached hydrogens (tertiary/aromatic N) is 1. The van der Waals surface area contributed by atoms with Crippen molar-refractivity contribution in [2.24, 2.45) is 0 Å². The molecule has 1 atom stereocenters. The van der Waals surface area contributed by atoms with Crippen LogP contribution in [0.25, 0.3) is 0 Å². The fourth-order valence-corrected chi connectivity index (χ4v) is 2.93. The van der Waals surface area contributed by atoms with Crippen LogP contribution in [0.3, 0.4) is 0 Å². The Kier molecular flexibility index (Phi) is 3.88. The molecule has 1 unspecified atom stereocenters. The van der Waals surface area contributed by atoms with Crippen molar-refractivity contribution >= 4 is 23.0 Å². The van der Waals surface area contributed by atoms with Crippen LogP contribution in [0.15, 0.2) is 12.1 Å². The summed E-state index contributed by atoms with van der Waals surface area (Å²) in [5.74, 6) is 0.498. The second-order valence-corrected chi connectivity index (χ2v) is 5.78. The summed E-state index contributed by atoms with van der Waals surface area (Å²) in [6.45, 7) is 2.05. The van der Waals surface area contributed by atoms with Crippen LogP contribution >= 0.6 is 0 Å². The molecule has 6 heteroatoms. The minimum absolute atomic E-state index is 0.0477. The fourth-order valence-electron chi connectivity index (χ4n) is 2.93. The third-order valence-electron chi connectivity index (χ3n) is 4.23. The van der Waals surface area contributed by atoms with Crippen LogP contribution in [0.1, 0.15) is 19.3 Å². The summed E-state index contributed by atoms with van der Waals surface area (Å²) >= 11 is 0. The van der Waals surface area contributed by atoms with Gasteiger partial charge in [-0.3, -0.25) is 4.79 Å². The third kappa shape index (κ3) is 3.05. The molecule has 0 bridgehead atoms. The van der Waals surface area contributed by atoms with Crippen LogP contribution in [0.5, 0.6) is 5.75 Å². The number of nitrogens with two attached hydrogens (primary N) is 1. The Morgan fingerprint density at radius 2 is 2.33 bits per heavy atom. The Morgan fingerprint density at radius 3 is 3.14 bits per heavy atom. The van der Waals surface area contributed by atoms with Crippen LogP contribution in [0, 0.1) is 0 Å². The van der Waals surface area contributed by atoms with Crippen LogP contribution in [-0.2, 0) is 4.79 Å². The van der Waals surface area contributed by atoms with Crippen LogP contribution < -0.4 is 21.1 Å². The number of benzene rings is 1. The molecule has 2 aliphatic heterocycles. The number of carbonyl (C=O) groups is 1. The lowest BCUT2D eigenvalue weighted by molar-refractivity contribution is -0.118. The van der Waals surface area contributed by atoms with Gasteiger partial charge in [-0.1, -0.05) is 6.42 Å². The number of amides is 1. The summed E-state index contributed by atoms with van der Waals surface area (Å²) in [4.78, 5) is 13.8. The highest BCUT2D eigenvalue weighted by atomic mass is 16.5. The number of likely N-dealkylation sites (tertiary alicyclic amines) is 1. The van der Waals surface area contributed by atoms with Gasteiger partial charge in [0.25, 0.3) is 5.91 Å². The quantitative estimate of drug-likeness (QED) is 0.735. The summed E-state index contributed by atoms with van der Waals surface area (Å²) in [6, 6.07) is 4.15. The van der Waals surface area contributed by atoms with E-state index in [1.807, 2.05) is 6.07 Å². The molecule has 1 fully saturated rings. The Morgan fingerprint density at radius 1 is 1.48 bits per heavy atom. The molecular formula is C15H22N4O2. The fraction of sp³-hybridized carbons (Fsp3) is 0.533. The van der Waals surface area contributed by atoms with Crippen molar-refractivity contribution in [2.75, 3.05) is 43.1 Å². The van der Waals surface area contributed by atoms with E-state index in [-0.39, 0.29) is 12.5 Å². The standard InChI is InChI=1S/C15H22N4O2/c1-19-5-3-2-4-10(19)8-17-12-7-13-14(6-11(12)16)21-9-15(20)18-13/h6-7,10,17H,2-5,8-9,16H2,1H3,(H,18,20). The van der Waals surface area contributed by atoms with E-state index in [9.17, 15) is 4.79 Å². The topological polar surface area (TPSA) is 79.6 Å². The van der Waals surface area contributed by atoms with Gasteiger partial charge in [0.2, 0.25) is 0 Å². The number of nitrogen functional groups attached to an aromatic ring is 1. The first kappa shape index (κ1) is 14.0. The molecule has 114 valence electrons. The molecule has 1 aromatic rings. The van der Waals surface area contributed by atoms with Gasteiger partial charge in [-0.25, -0.2) is 0 Å². The molecule has 2 heterocycles. The molecule has 6 nitrogen and oxygen atoms in total. The summed E-state index contributed by atoms with van der Waals surface area (Å²) in [5, 5.41) is 6.21. The second-order valence-electron chi connectivity index (χ2n) is 5.78. The lowest BCUT2D eigenvalue weighted by Crippen LogP contribution is -2.40. The molecule has 0 aliphatic carbocycles. The highest BCUT2D eigenvalue weighted by molar-refractivity contribution is 5.97.